The summed E-state index contributed by atoms with van der Waals surface area (Å²) in [6, 6.07) is 0.00975. The number of ether oxygens (including phenoxy) is 1. The maximum absolute atomic E-state index is 11.5. The fourth-order valence-corrected chi connectivity index (χ4v) is 2.30. The highest BCUT2D eigenvalue weighted by Gasteiger charge is 2.25. The van der Waals surface area contributed by atoms with E-state index in [0.29, 0.717) is 19.5 Å². The number of unbranched alkanes of at least 4 members (excludes halogenated alkanes) is 3. The van der Waals surface area contributed by atoms with Crippen molar-refractivity contribution < 1.29 is 14.3 Å². The maximum Gasteiger partial charge on any atom is 0.407 e. The van der Waals surface area contributed by atoms with E-state index < -0.39 is 5.60 Å². The van der Waals surface area contributed by atoms with E-state index >= 15 is 0 Å². The van der Waals surface area contributed by atoms with Crippen LogP contribution in [0, 0.1) is 0 Å². The zero-order chi connectivity index (χ0) is 15.9. The van der Waals surface area contributed by atoms with Gasteiger partial charge in [0.1, 0.15) is 5.60 Å². The van der Waals surface area contributed by atoms with E-state index in [1.54, 1.807) is 0 Å². The molecule has 21 heavy (non-hydrogen) atoms. The Morgan fingerprint density at radius 2 is 2.00 bits per heavy atom. The minimum absolute atomic E-state index is 0.00975. The van der Waals surface area contributed by atoms with Crippen LogP contribution in [-0.2, 0) is 9.53 Å². The Hall–Kier alpha value is -1.30. The van der Waals surface area contributed by atoms with Gasteiger partial charge in [0.15, 0.2) is 0 Å². The SMILES string of the molecule is CC(C)(C)OC(=O)NCCCCCCN1CC(N)CC1=O. The van der Waals surface area contributed by atoms with Crippen molar-refractivity contribution >= 4 is 12.0 Å². The summed E-state index contributed by atoms with van der Waals surface area (Å²) < 4.78 is 5.15. The molecule has 0 aromatic carbocycles. The first-order chi connectivity index (χ1) is 9.78. The lowest BCUT2D eigenvalue weighted by atomic mass is 10.2. The number of nitrogens with two attached hydrogens (primary N) is 1. The number of rotatable bonds is 7. The minimum Gasteiger partial charge on any atom is -0.444 e. The molecule has 0 spiro atoms. The van der Waals surface area contributed by atoms with Gasteiger partial charge in [0.05, 0.1) is 0 Å². The number of nitrogens with zero attached hydrogens (tertiary/aromatic N) is 1. The molecule has 122 valence electrons. The molecule has 1 aliphatic heterocycles. The normalized spacial score (nSPS) is 19.0. The third kappa shape index (κ3) is 7.90. The van der Waals surface area contributed by atoms with E-state index in [-0.39, 0.29) is 18.0 Å². The monoisotopic (exact) mass is 299 g/mol. The molecule has 6 heteroatoms. The van der Waals surface area contributed by atoms with Crippen molar-refractivity contribution in [3.8, 4) is 0 Å². The van der Waals surface area contributed by atoms with Crippen LogP contribution in [0.15, 0.2) is 0 Å². The molecule has 0 saturated carbocycles. The molecule has 0 aromatic heterocycles. The van der Waals surface area contributed by atoms with Crippen LogP contribution < -0.4 is 11.1 Å². The lowest BCUT2D eigenvalue weighted by Crippen LogP contribution is -2.33. The van der Waals surface area contributed by atoms with Gasteiger partial charge in [0.2, 0.25) is 5.91 Å². The molecule has 3 N–H and O–H groups in total. The van der Waals surface area contributed by atoms with Gasteiger partial charge in [0, 0.05) is 32.1 Å². The van der Waals surface area contributed by atoms with Crippen LogP contribution in [0.25, 0.3) is 0 Å². The van der Waals surface area contributed by atoms with E-state index in [2.05, 4.69) is 5.32 Å². The average molecular weight is 299 g/mol. The van der Waals surface area contributed by atoms with Crippen molar-refractivity contribution in [1.29, 1.82) is 0 Å². The lowest BCUT2D eigenvalue weighted by Gasteiger charge is -2.19. The Balaban J connectivity index is 1.96. The van der Waals surface area contributed by atoms with Gasteiger partial charge in [-0.1, -0.05) is 12.8 Å². The second-order valence-corrected chi connectivity index (χ2v) is 6.65. The van der Waals surface area contributed by atoms with Gasteiger partial charge in [-0.2, -0.15) is 0 Å². The molecule has 1 aliphatic rings. The van der Waals surface area contributed by atoms with Crippen LogP contribution in [0.2, 0.25) is 0 Å². The second-order valence-electron chi connectivity index (χ2n) is 6.65. The van der Waals surface area contributed by atoms with Crippen LogP contribution in [0.5, 0.6) is 0 Å². The average Bonchev–Trinajstić information content (AvgIpc) is 2.64. The Bertz CT molecular complexity index is 353. The molecular formula is C15H29N3O3. The van der Waals surface area contributed by atoms with Crippen molar-refractivity contribution in [2.75, 3.05) is 19.6 Å². The van der Waals surface area contributed by atoms with Crippen molar-refractivity contribution in [3.63, 3.8) is 0 Å². The number of hydrogen-bond acceptors (Lipinski definition) is 4. The van der Waals surface area contributed by atoms with Crippen molar-refractivity contribution in [2.24, 2.45) is 5.73 Å². The maximum atomic E-state index is 11.5. The number of likely N-dealkylation sites (tertiary alicyclic amines) is 1. The molecular weight excluding hydrogens is 270 g/mol. The van der Waals surface area contributed by atoms with Crippen molar-refractivity contribution in [3.05, 3.63) is 0 Å². The van der Waals surface area contributed by atoms with Gasteiger partial charge in [-0.05, 0) is 33.6 Å². The Labute approximate surface area is 127 Å². The lowest BCUT2D eigenvalue weighted by molar-refractivity contribution is -0.127. The summed E-state index contributed by atoms with van der Waals surface area (Å²) in [4.78, 5) is 24.8. The highest BCUT2D eigenvalue weighted by molar-refractivity contribution is 5.79. The van der Waals surface area contributed by atoms with Crippen LogP contribution in [0.4, 0.5) is 4.79 Å². The van der Waals surface area contributed by atoms with E-state index in [1.165, 1.54) is 0 Å². The van der Waals surface area contributed by atoms with Gasteiger partial charge in [-0.3, -0.25) is 4.79 Å². The third-order valence-corrected chi connectivity index (χ3v) is 3.27. The topological polar surface area (TPSA) is 84.7 Å². The zero-order valence-electron chi connectivity index (χ0n) is 13.5. The van der Waals surface area contributed by atoms with Crippen LogP contribution >= 0.6 is 0 Å². The Kier molecular flexibility index (Phi) is 6.95. The second kappa shape index (κ2) is 8.22. The quantitative estimate of drug-likeness (QED) is 0.700. The molecule has 0 radical (unpaired) electrons. The first kappa shape index (κ1) is 17.8. The minimum atomic E-state index is -0.451. The van der Waals surface area contributed by atoms with Gasteiger partial charge < -0.3 is 20.7 Å². The number of alkyl carbamates (subject to hydrolysis) is 1. The predicted octanol–water partition coefficient (Wildman–Crippen LogP) is 1.63. The highest BCUT2D eigenvalue weighted by atomic mass is 16.6. The van der Waals surface area contributed by atoms with Crippen LogP contribution in [0.1, 0.15) is 52.9 Å². The molecule has 1 fully saturated rings. The molecule has 0 bridgehead atoms. The molecule has 1 heterocycles. The molecule has 0 aromatic rings. The molecule has 1 rings (SSSR count). The van der Waals surface area contributed by atoms with E-state index in [4.69, 9.17) is 10.5 Å². The standard InChI is InChI=1S/C15H29N3O3/c1-15(2,3)21-14(20)17-8-6-4-5-7-9-18-11-12(16)10-13(18)19/h12H,4-11,16H2,1-3H3,(H,17,20). The number of carbonyl (C=O) groups is 2. The van der Waals surface area contributed by atoms with Gasteiger partial charge in [0.25, 0.3) is 0 Å². The molecule has 1 saturated heterocycles. The summed E-state index contributed by atoms with van der Waals surface area (Å²) >= 11 is 0. The summed E-state index contributed by atoms with van der Waals surface area (Å²) in [7, 11) is 0. The summed E-state index contributed by atoms with van der Waals surface area (Å²) in [6.45, 7) is 7.65. The number of carbonyl (C=O) groups excluding carboxylic acids is 2. The number of amides is 2. The van der Waals surface area contributed by atoms with Gasteiger partial charge >= 0.3 is 6.09 Å². The zero-order valence-corrected chi connectivity index (χ0v) is 13.5. The molecule has 1 unspecified atom stereocenters. The smallest absolute Gasteiger partial charge is 0.407 e. The predicted molar refractivity (Wildman–Crippen MR) is 81.9 cm³/mol. The summed E-state index contributed by atoms with van der Waals surface area (Å²) in [5.41, 5.74) is 5.29. The van der Waals surface area contributed by atoms with Crippen LogP contribution in [-0.4, -0.2) is 48.2 Å². The molecule has 6 nitrogen and oxygen atoms in total. The highest BCUT2D eigenvalue weighted by Crippen LogP contribution is 2.11. The summed E-state index contributed by atoms with van der Waals surface area (Å²) in [5, 5.41) is 2.74. The first-order valence-electron chi connectivity index (χ1n) is 7.78. The fourth-order valence-electron chi connectivity index (χ4n) is 2.30. The number of hydrogen-bond donors (Lipinski definition) is 2. The van der Waals surface area contributed by atoms with Gasteiger partial charge in [-0.15, -0.1) is 0 Å². The van der Waals surface area contributed by atoms with Crippen molar-refractivity contribution in [1.82, 2.24) is 10.2 Å². The molecule has 2 amide bonds. The van der Waals surface area contributed by atoms with E-state index in [1.807, 2.05) is 25.7 Å². The van der Waals surface area contributed by atoms with Crippen LogP contribution in [0.3, 0.4) is 0 Å². The van der Waals surface area contributed by atoms with E-state index in [9.17, 15) is 9.59 Å². The number of nitrogens with one attached hydrogen (secondary N) is 1. The van der Waals surface area contributed by atoms with E-state index in [0.717, 1.165) is 32.2 Å². The third-order valence-electron chi connectivity index (χ3n) is 3.27. The van der Waals surface area contributed by atoms with Gasteiger partial charge in [-0.25, -0.2) is 4.79 Å². The fraction of sp³-hybridized carbons (Fsp3) is 0.867. The van der Waals surface area contributed by atoms with Crippen molar-refractivity contribution in [2.45, 2.75) is 64.5 Å². The Morgan fingerprint density at radius 3 is 2.57 bits per heavy atom. The summed E-state index contributed by atoms with van der Waals surface area (Å²) in [5.74, 6) is 0.175. The Morgan fingerprint density at radius 1 is 1.33 bits per heavy atom. The first-order valence-corrected chi connectivity index (χ1v) is 7.78. The largest absolute Gasteiger partial charge is 0.444 e. The molecule has 0 aliphatic carbocycles. The summed E-state index contributed by atoms with van der Waals surface area (Å²) in [6.07, 6.45) is 4.12. The molecule has 1 atom stereocenters.